The van der Waals surface area contributed by atoms with E-state index in [-0.39, 0.29) is 24.9 Å². The van der Waals surface area contributed by atoms with Gasteiger partial charge in [-0.3, -0.25) is 9.59 Å². The minimum atomic E-state index is -0.339. The normalized spacial score (nSPS) is 16.4. The van der Waals surface area contributed by atoms with Crippen molar-refractivity contribution in [2.45, 2.75) is 6.42 Å². The molecule has 1 aromatic rings. The fraction of sp³-hybridized carbons (Fsp3) is 0.529. The molecular formula is C17H26N4O4. The molecule has 2 amide bonds. The number of nitrogens with one attached hydrogen (secondary N) is 2. The van der Waals surface area contributed by atoms with Crippen LogP contribution in [0.1, 0.15) is 6.42 Å². The molecule has 0 spiro atoms. The monoisotopic (exact) mass is 350 g/mol. The molecule has 25 heavy (non-hydrogen) atoms. The minimum absolute atomic E-state index is 0.0421. The van der Waals surface area contributed by atoms with Gasteiger partial charge in [-0.15, -0.1) is 0 Å². The van der Waals surface area contributed by atoms with E-state index in [4.69, 9.17) is 15.2 Å². The first-order chi connectivity index (χ1) is 12.0. The number of hydrogen-bond donors (Lipinski definition) is 3. The number of ether oxygens (including phenoxy) is 2. The zero-order valence-electron chi connectivity index (χ0n) is 14.7. The second kappa shape index (κ2) is 9.12. The molecule has 4 N–H and O–H groups in total. The quantitative estimate of drug-likeness (QED) is 0.596. The Balaban J connectivity index is 1.83. The van der Waals surface area contributed by atoms with Crippen molar-refractivity contribution in [3.63, 3.8) is 0 Å². The lowest BCUT2D eigenvalue weighted by atomic mass is 10.1. The van der Waals surface area contributed by atoms with Crippen LogP contribution >= 0.6 is 0 Å². The molecule has 0 aromatic heterocycles. The van der Waals surface area contributed by atoms with Crippen LogP contribution in [0, 0.1) is 5.92 Å². The van der Waals surface area contributed by atoms with Crippen LogP contribution < -0.4 is 30.7 Å². The van der Waals surface area contributed by atoms with Crippen molar-refractivity contribution in [1.82, 2.24) is 10.6 Å². The Hall–Kier alpha value is -2.48. The Morgan fingerprint density at radius 3 is 2.44 bits per heavy atom. The maximum atomic E-state index is 11.7. The van der Waals surface area contributed by atoms with Gasteiger partial charge < -0.3 is 30.7 Å². The smallest absolute Gasteiger partial charge is 0.239 e. The molecule has 0 aliphatic carbocycles. The summed E-state index contributed by atoms with van der Waals surface area (Å²) in [7, 11) is 3.26. The number of carbonyl (C=O) groups excluding carboxylic acids is 2. The lowest BCUT2D eigenvalue weighted by Crippen LogP contribution is -2.41. The third-order valence-electron chi connectivity index (χ3n) is 4.21. The van der Waals surface area contributed by atoms with E-state index < -0.39 is 0 Å². The van der Waals surface area contributed by atoms with Crippen molar-refractivity contribution in [3.8, 4) is 11.5 Å². The third kappa shape index (κ3) is 5.53. The van der Waals surface area contributed by atoms with E-state index in [1.807, 2.05) is 18.2 Å². The molecule has 1 aliphatic rings. The van der Waals surface area contributed by atoms with Gasteiger partial charge in [-0.25, -0.2) is 0 Å². The number of carbonyl (C=O) groups is 2. The van der Waals surface area contributed by atoms with Gasteiger partial charge >= 0.3 is 0 Å². The molecular weight excluding hydrogens is 324 g/mol. The van der Waals surface area contributed by atoms with Crippen LogP contribution in [0.3, 0.4) is 0 Å². The molecule has 1 aliphatic heterocycles. The highest BCUT2D eigenvalue weighted by atomic mass is 16.5. The van der Waals surface area contributed by atoms with Gasteiger partial charge in [0.1, 0.15) is 11.5 Å². The molecule has 138 valence electrons. The van der Waals surface area contributed by atoms with E-state index in [0.717, 1.165) is 36.7 Å². The summed E-state index contributed by atoms with van der Waals surface area (Å²) >= 11 is 0. The minimum Gasteiger partial charge on any atom is -0.497 e. The van der Waals surface area contributed by atoms with E-state index in [1.54, 1.807) is 14.2 Å². The summed E-state index contributed by atoms with van der Waals surface area (Å²) in [4.78, 5) is 25.0. The summed E-state index contributed by atoms with van der Waals surface area (Å²) in [6.07, 6.45) is 0.981. The molecule has 1 saturated heterocycles. The van der Waals surface area contributed by atoms with Gasteiger partial charge in [-0.2, -0.15) is 0 Å². The van der Waals surface area contributed by atoms with E-state index in [0.29, 0.717) is 12.5 Å². The lowest BCUT2D eigenvalue weighted by molar-refractivity contribution is -0.125. The third-order valence-corrected chi connectivity index (χ3v) is 4.21. The Morgan fingerprint density at radius 1 is 1.16 bits per heavy atom. The zero-order valence-corrected chi connectivity index (χ0v) is 14.7. The van der Waals surface area contributed by atoms with Crippen LogP contribution in [0.4, 0.5) is 5.69 Å². The molecule has 1 unspecified atom stereocenters. The average molecular weight is 350 g/mol. The van der Waals surface area contributed by atoms with Gasteiger partial charge in [0.25, 0.3) is 0 Å². The predicted octanol–water partition coefficient (Wildman–Crippen LogP) is -0.279. The van der Waals surface area contributed by atoms with Crippen molar-refractivity contribution >= 4 is 17.5 Å². The summed E-state index contributed by atoms with van der Waals surface area (Å²) < 4.78 is 10.6. The Morgan fingerprint density at radius 2 is 1.84 bits per heavy atom. The van der Waals surface area contributed by atoms with Gasteiger partial charge in [0.05, 0.1) is 27.3 Å². The second-order valence-electron chi connectivity index (χ2n) is 5.96. The predicted molar refractivity (Wildman–Crippen MR) is 94.9 cm³/mol. The van der Waals surface area contributed by atoms with Gasteiger partial charge in [-0.05, 0) is 12.3 Å². The molecule has 1 aromatic carbocycles. The molecule has 2 rings (SSSR count). The van der Waals surface area contributed by atoms with Crippen LogP contribution in [0.2, 0.25) is 0 Å². The Labute approximate surface area is 147 Å². The number of amides is 2. The van der Waals surface area contributed by atoms with Gasteiger partial charge in [0, 0.05) is 43.5 Å². The highest BCUT2D eigenvalue weighted by Gasteiger charge is 2.24. The van der Waals surface area contributed by atoms with Crippen molar-refractivity contribution in [3.05, 3.63) is 18.2 Å². The largest absolute Gasteiger partial charge is 0.497 e. The summed E-state index contributed by atoms with van der Waals surface area (Å²) in [6, 6.07) is 5.80. The Bertz CT molecular complexity index is 586. The van der Waals surface area contributed by atoms with Crippen LogP contribution in [-0.4, -0.2) is 58.8 Å². The van der Waals surface area contributed by atoms with Crippen molar-refractivity contribution in [2.24, 2.45) is 11.7 Å². The summed E-state index contributed by atoms with van der Waals surface area (Å²) in [5.74, 6) is 1.31. The molecule has 1 fully saturated rings. The number of anilines is 1. The molecule has 8 heteroatoms. The maximum absolute atomic E-state index is 11.7. The van der Waals surface area contributed by atoms with E-state index in [9.17, 15) is 9.59 Å². The first-order valence-electron chi connectivity index (χ1n) is 8.27. The number of methoxy groups -OCH3 is 2. The number of benzene rings is 1. The molecule has 8 nitrogen and oxygen atoms in total. The van der Waals surface area contributed by atoms with Gasteiger partial charge in [0.15, 0.2) is 0 Å². The number of hydrogen-bond acceptors (Lipinski definition) is 6. The highest BCUT2D eigenvalue weighted by Crippen LogP contribution is 2.31. The standard InChI is InChI=1S/C17H26N4O4/c1-24-14-5-13(6-15(7-14)25-2)21-4-3-12(11-21)9-19-17(23)10-20-16(22)8-18/h5-7,12H,3-4,8-11,18H2,1-2H3,(H,19,23)(H,20,22). The molecule has 0 bridgehead atoms. The molecule has 0 radical (unpaired) electrons. The zero-order chi connectivity index (χ0) is 18.2. The highest BCUT2D eigenvalue weighted by molar-refractivity contribution is 5.85. The summed E-state index contributed by atoms with van der Waals surface area (Å²) in [6.45, 7) is 2.16. The number of nitrogens with two attached hydrogens (primary N) is 1. The van der Waals surface area contributed by atoms with Crippen molar-refractivity contribution < 1.29 is 19.1 Å². The summed E-state index contributed by atoms with van der Waals surface area (Å²) in [5.41, 5.74) is 6.22. The molecule has 1 atom stereocenters. The van der Waals surface area contributed by atoms with Crippen LogP contribution in [-0.2, 0) is 9.59 Å². The van der Waals surface area contributed by atoms with Crippen molar-refractivity contribution in [1.29, 1.82) is 0 Å². The molecule has 1 heterocycles. The number of rotatable bonds is 8. The van der Waals surface area contributed by atoms with Gasteiger partial charge in [0.2, 0.25) is 11.8 Å². The lowest BCUT2D eigenvalue weighted by Gasteiger charge is -2.20. The van der Waals surface area contributed by atoms with Gasteiger partial charge in [-0.1, -0.05) is 0 Å². The second-order valence-corrected chi connectivity index (χ2v) is 5.96. The first-order valence-corrected chi connectivity index (χ1v) is 8.27. The van der Waals surface area contributed by atoms with E-state index in [2.05, 4.69) is 15.5 Å². The SMILES string of the molecule is COc1cc(OC)cc(N2CCC(CNC(=O)CNC(=O)CN)C2)c1. The van der Waals surface area contributed by atoms with E-state index in [1.165, 1.54) is 0 Å². The maximum Gasteiger partial charge on any atom is 0.239 e. The summed E-state index contributed by atoms with van der Waals surface area (Å²) in [5, 5.41) is 5.30. The number of nitrogens with zero attached hydrogens (tertiary/aromatic N) is 1. The Kier molecular flexibility index (Phi) is 6.88. The van der Waals surface area contributed by atoms with E-state index >= 15 is 0 Å². The first kappa shape index (κ1) is 18.9. The fourth-order valence-electron chi connectivity index (χ4n) is 2.78. The average Bonchev–Trinajstić information content (AvgIpc) is 3.12. The van der Waals surface area contributed by atoms with Crippen LogP contribution in [0.25, 0.3) is 0 Å². The van der Waals surface area contributed by atoms with Crippen molar-refractivity contribution in [2.75, 3.05) is 51.8 Å². The van der Waals surface area contributed by atoms with Crippen LogP contribution in [0.15, 0.2) is 18.2 Å². The molecule has 0 saturated carbocycles. The fourth-order valence-corrected chi connectivity index (χ4v) is 2.78. The van der Waals surface area contributed by atoms with Crippen LogP contribution in [0.5, 0.6) is 11.5 Å². The topological polar surface area (TPSA) is 106 Å².